The largest absolute Gasteiger partial charge is 0.309 e. The molecule has 0 spiro atoms. The molecule has 2 aromatic heterocycles. The Labute approximate surface area is 331 Å². The molecular formula is C55H36N2. The number of rotatable bonds is 5. The molecule has 0 radical (unpaired) electrons. The Morgan fingerprint density at radius 1 is 0.298 bits per heavy atom. The highest BCUT2D eigenvalue weighted by Crippen LogP contribution is 2.48. The van der Waals surface area contributed by atoms with Crippen molar-refractivity contribution in [2.45, 2.75) is 5.92 Å². The third-order valence-electron chi connectivity index (χ3n) is 12.2. The van der Waals surface area contributed by atoms with Gasteiger partial charge in [0.25, 0.3) is 0 Å². The molecule has 0 atom stereocenters. The first-order chi connectivity index (χ1) is 28.3. The monoisotopic (exact) mass is 724 g/mol. The molecule has 0 saturated carbocycles. The van der Waals surface area contributed by atoms with Crippen LogP contribution in [0.5, 0.6) is 0 Å². The fourth-order valence-electron chi connectivity index (χ4n) is 9.70. The van der Waals surface area contributed by atoms with Gasteiger partial charge in [0.2, 0.25) is 0 Å². The minimum Gasteiger partial charge on any atom is -0.309 e. The van der Waals surface area contributed by atoms with Crippen molar-refractivity contribution in [3.8, 4) is 44.8 Å². The Kier molecular flexibility index (Phi) is 7.02. The highest BCUT2D eigenvalue weighted by Gasteiger charge is 2.29. The van der Waals surface area contributed by atoms with Crippen LogP contribution in [0.2, 0.25) is 0 Å². The smallest absolute Gasteiger partial charge is 0.0541 e. The zero-order valence-corrected chi connectivity index (χ0v) is 31.2. The Hall–Kier alpha value is -7.42. The summed E-state index contributed by atoms with van der Waals surface area (Å²) < 4.78 is 4.84. The van der Waals surface area contributed by atoms with Gasteiger partial charge in [-0.05, 0) is 99.1 Å². The lowest BCUT2D eigenvalue weighted by Crippen LogP contribution is -1.99. The molecule has 0 N–H and O–H groups in total. The summed E-state index contributed by atoms with van der Waals surface area (Å²) in [6.07, 6.45) is 0. The van der Waals surface area contributed by atoms with Gasteiger partial charge in [0.15, 0.2) is 0 Å². The van der Waals surface area contributed by atoms with Crippen LogP contribution < -0.4 is 0 Å². The van der Waals surface area contributed by atoms with Crippen molar-refractivity contribution in [1.29, 1.82) is 0 Å². The van der Waals surface area contributed by atoms with Gasteiger partial charge in [-0.2, -0.15) is 0 Å². The molecule has 2 heteroatoms. The molecule has 11 aromatic rings. The van der Waals surface area contributed by atoms with Gasteiger partial charge >= 0.3 is 0 Å². The van der Waals surface area contributed by atoms with E-state index in [1.807, 2.05) is 0 Å². The average molecular weight is 725 g/mol. The predicted molar refractivity (Wildman–Crippen MR) is 239 cm³/mol. The number of fused-ring (bicyclic) bond motifs is 9. The molecule has 266 valence electrons. The van der Waals surface area contributed by atoms with E-state index in [9.17, 15) is 0 Å². The molecule has 12 rings (SSSR count). The van der Waals surface area contributed by atoms with Crippen LogP contribution in [0, 0.1) is 0 Å². The second-order valence-corrected chi connectivity index (χ2v) is 15.3. The Bertz CT molecular complexity index is 3300. The van der Waals surface area contributed by atoms with E-state index in [-0.39, 0.29) is 5.92 Å². The quantitative estimate of drug-likeness (QED) is 0.167. The normalized spacial score (nSPS) is 12.5. The SMILES string of the molecule is c1ccc(-n2c3ccccc3c3cc(-c4ccccc4-n4c5ccccc5c5cc(-c6ccc(C7c8ccccc8-c8ccccc87)cc6)ccc54)ccc32)cc1. The average Bonchev–Trinajstić information content (AvgIpc) is 3.92. The zero-order valence-electron chi connectivity index (χ0n) is 31.2. The lowest BCUT2D eigenvalue weighted by Gasteiger charge is -2.15. The molecule has 0 fully saturated rings. The first kappa shape index (κ1) is 31.9. The summed E-state index contributed by atoms with van der Waals surface area (Å²) in [7, 11) is 0. The molecule has 0 saturated heterocycles. The molecule has 0 unspecified atom stereocenters. The fraction of sp³-hybridized carbons (Fsp3) is 0.0182. The first-order valence-electron chi connectivity index (χ1n) is 19.8. The van der Waals surface area contributed by atoms with Crippen LogP contribution in [0.25, 0.3) is 88.4 Å². The van der Waals surface area contributed by atoms with Crippen molar-refractivity contribution in [3.05, 3.63) is 229 Å². The standard InChI is InChI=1S/C55H36N2/c1-2-14-40(15-3-1)56-51-24-12-9-19-44(51)49-35-39(31-33-53(49)56)41-16-8-11-23-50(41)57-52-25-13-10-20-45(52)48-34-38(30-32-54(48)57)36-26-28-37(29-27-36)55-46-21-6-4-17-42(46)43-18-5-7-22-47(43)55/h1-35,55H. The minimum atomic E-state index is 0.246. The summed E-state index contributed by atoms with van der Waals surface area (Å²) in [6.45, 7) is 0. The van der Waals surface area contributed by atoms with E-state index >= 15 is 0 Å². The maximum absolute atomic E-state index is 2.46. The zero-order chi connectivity index (χ0) is 37.5. The summed E-state index contributed by atoms with van der Waals surface area (Å²) in [4.78, 5) is 0. The van der Waals surface area contributed by atoms with Crippen LogP contribution in [-0.4, -0.2) is 9.13 Å². The number of nitrogens with zero attached hydrogens (tertiary/aromatic N) is 2. The van der Waals surface area contributed by atoms with Gasteiger partial charge in [-0.15, -0.1) is 0 Å². The highest BCUT2D eigenvalue weighted by atomic mass is 15.0. The van der Waals surface area contributed by atoms with Crippen molar-refractivity contribution < 1.29 is 0 Å². The topological polar surface area (TPSA) is 9.86 Å². The van der Waals surface area contributed by atoms with E-state index in [1.165, 1.54) is 105 Å². The molecule has 1 aliphatic rings. The lowest BCUT2D eigenvalue weighted by atomic mass is 9.88. The third-order valence-corrected chi connectivity index (χ3v) is 12.2. The molecule has 2 heterocycles. The van der Waals surface area contributed by atoms with Gasteiger partial charge in [0, 0.05) is 38.7 Å². The molecule has 0 aliphatic heterocycles. The first-order valence-corrected chi connectivity index (χ1v) is 19.8. The second-order valence-electron chi connectivity index (χ2n) is 15.3. The van der Waals surface area contributed by atoms with Gasteiger partial charge in [0.05, 0.1) is 27.8 Å². The van der Waals surface area contributed by atoms with E-state index in [2.05, 4.69) is 221 Å². The van der Waals surface area contributed by atoms with Crippen LogP contribution in [0.4, 0.5) is 0 Å². The van der Waals surface area contributed by atoms with E-state index < -0.39 is 0 Å². The van der Waals surface area contributed by atoms with Crippen molar-refractivity contribution in [1.82, 2.24) is 9.13 Å². The van der Waals surface area contributed by atoms with Gasteiger partial charge < -0.3 is 9.13 Å². The number of hydrogen-bond donors (Lipinski definition) is 0. The molecule has 0 amide bonds. The molecular weight excluding hydrogens is 689 g/mol. The number of benzene rings is 9. The molecule has 9 aromatic carbocycles. The fourth-order valence-corrected chi connectivity index (χ4v) is 9.70. The van der Waals surface area contributed by atoms with E-state index in [0.717, 1.165) is 0 Å². The maximum atomic E-state index is 2.46. The minimum absolute atomic E-state index is 0.246. The molecule has 2 nitrogen and oxygen atoms in total. The summed E-state index contributed by atoms with van der Waals surface area (Å²) in [5, 5.41) is 5.01. The number of aromatic nitrogens is 2. The van der Waals surface area contributed by atoms with Crippen LogP contribution in [0.3, 0.4) is 0 Å². The van der Waals surface area contributed by atoms with E-state index in [0.29, 0.717) is 0 Å². The summed E-state index contributed by atoms with van der Waals surface area (Å²) >= 11 is 0. The van der Waals surface area contributed by atoms with Crippen molar-refractivity contribution >= 4 is 43.6 Å². The van der Waals surface area contributed by atoms with Crippen LogP contribution in [0.1, 0.15) is 22.6 Å². The summed E-state index contributed by atoms with van der Waals surface area (Å²) in [5.74, 6) is 0.246. The highest BCUT2D eigenvalue weighted by molar-refractivity contribution is 6.12. The third kappa shape index (κ3) is 4.84. The number of hydrogen-bond acceptors (Lipinski definition) is 0. The number of para-hydroxylation sites is 4. The summed E-state index contributed by atoms with van der Waals surface area (Å²) in [6, 6.07) is 78.1. The van der Waals surface area contributed by atoms with Gasteiger partial charge in [-0.3, -0.25) is 0 Å². The van der Waals surface area contributed by atoms with Crippen LogP contribution in [-0.2, 0) is 0 Å². The Morgan fingerprint density at radius 2 is 0.772 bits per heavy atom. The van der Waals surface area contributed by atoms with Gasteiger partial charge in [0.1, 0.15) is 0 Å². The van der Waals surface area contributed by atoms with Crippen LogP contribution in [0.15, 0.2) is 212 Å². The van der Waals surface area contributed by atoms with Crippen molar-refractivity contribution in [2.75, 3.05) is 0 Å². The van der Waals surface area contributed by atoms with Crippen molar-refractivity contribution in [2.24, 2.45) is 0 Å². The van der Waals surface area contributed by atoms with Gasteiger partial charge in [-0.25, -0.2) is 0 Å². The second kappa shape index (κ2) is 12.6. The molecule has 0 bridgehead atoms. The predicted octanol–water partition coefficient (Wildman–Crippen LogP) is 14.4. The van der Waals surface area contributed by atoms with E-state index in [1.54, 1.807) is 0 Å². The Morgan fingerprint density at radius 3 is 1.46 bits per heavy atom. The van der Waals surface area contributed by atoms with Crippen LogP contribution >= 0.6 is 0 Å². The summed E-state index contributed by atoms with van der Waals surface area (Å²) in [5.41, 5.74) is 18.8. The van der Waals surface area contributed by atoms with Crippen molar-refractivity contribution in [3.63, 3.8) is 0 Å². The molecule has 1 aliphatic carbocycles. The van der Waals surface area contributed by atoms with Gasteiger partial charge in [-0.1, -0.05) is 158 Å². The lowest BCUT2D eigenvalue weighted by molar-refractivity contribution is 1.02. The molecule has 57 heavy (non-hydrogen) atoms. The van der Waals surface area contributed by atoms with E-state index in [4.69, 9.17) is 0 Å². The maximum Gasteiger partial charge on any atom is 0.0541 e. The Balaban J connectivity index is 0.971.